The third kappa shape index (κ3) is 4.71. The number of hydrogen-bond donors (Lipinski definition) is 1. The molecule has 146 valence electrons. The minimum atomic E-state index is -0.278. The Labute approximate surface area is 163 Å². The Morgan fingerprint density at radius 2 is 2.00 bits per heavy atom. The molecule has 3 rings (SSSR count). The zero-order valence-electron chi connectivity index (χ0n) is 15.3. The maximum atomic E-state index is 12.6. The Kier molecular flexibility index (Phi) is 6.21. The van der Waals surface area contributed by atoms with Crippen molar-refractivity contribution in [3.05, 3.63) is 29.3 Å². The first-order valence-corrected chi connectivity index (χ1v) is 9.63. The molecule has 0 unspecified atom stereocenters. The van der Waals surface area contributed by atoms with Crippen molar-refractivity contribution in [1.82, 2.24) is 10.2 Å². The molecule has 1 aromatic carbocycles. The van der Waals surface area contributed by atoms with Crippen LogP contribution in [0.1, 0.15) is 26.2 Å². The van der Waals surface area contributed by atoms with Gasteiger partial charge in [-0.1, -0.05) is 11.6 Å². The van der Waals surface area contributed by atoms with Crippen LogP contribution in [0.15, 0.2) is 24.3 Å². The number of rotatable bonds is 4. The molecule has 0 aliphatic carbocycles. The predicted octanol–water partition coefficient (Wildman–Crippen LogP) is 2.43. The highest BCUT2D eigenvalue weighted by Crippen LogP contribution is 2.24. The lowest BCUT2D eigenvalue weighted by atomic mass is 9.98. The molecular weight excluding hydrogens is 370 g/mol. The molecule has 2 saturated heterocycles. The standard InChI is InChI=1S/C19H24ClN3O4/c1-2-27-18(25)13-4-3-9-22(11-13)19(26)21-15-10-17(24)23(12-15)16-7-5-14(20)6-8-16/h5-8,13,15H,2-4,9-12H2,1H3,(H,21,26)/t13-,15+/m1/s1. The van der Waals surface area contributed by atoms with E-state index in [1.807, 2.05) is 0 Å². The van der Waals surface area contributed by atoms with Crippen molar-refractivity contribution in [3.8, 4) is 0 Å². The van der Waals surface area contributed by atoms with Gasteiger partial charge in [-0.25, -0.2) is 4.79 Å². The van der Waals surface area contributed by atoms with Gasteiger partial charge >= 0.3 is 12.0 Å². The van der Waals surface area contributed by atoms with E-state index in [0.29, 0.717) is 31.3 Å². The minimum Gasteiger partial charge on any atom is -0.466 e. The molecule has 2 aliphatic rings. The first-order chi connectivity index (χ1) is 13.0. The number of halogens is 1. The highest BCUT2D eigenvalue weighted by Gasteiger charge is 2.34. The molecule has 3 amide bonds. The van der Waals surface area contributed by atoms with Crippen LogP contribution in [0.2, 0.25) is 5.02 Å². The second kappa shape index (κ2) is 8.61. The fourth-order valence-electron chi connectivity index (χ4n) is 3.55. The molecule has 2 atom stereocenters. The van der Waals surface area contributed by atoms with Crippen LogP contribution in [0.25, 0.3) is 0 Å². The maximum Gasteiger partial charge on any atom is 0.317 e. The molecular formula is C19H24ClN3O4. The number of ether oxygens (including phenoxy) is 1. The highest BCUT2D eigenvalue weighted by atomic mass is 35.5. The van der Waals surface area contributed by atoms with Gasteiger partial charge in [-0.2, -0.15) is 0 Å². The highest BCUT2D eigenvalue weighted by molar-refractivity contribution is 6.30. The first-order valence-electron chi connectivity index (χ1n) is 9.26. The Hall–Kier alpha value is -2.28. The lowest BCUT2D eigenvalue weighted by Crippen LogP contribution is -2.50. The Bertz CT molecular complexity index is 709. The van der Waals surface area contributed by atoms with Gasteiger partial charge in [-0.15, -0.1) is 0 Å². The zero-order chi connectivity index (χ0) is 19.4. The van der Waals surface area contributed by atoms with Gasteiger partial charge in [0.05, 0.1) is 18.6 Å². The molecule has 2 heterocycles. The number of hydrogen-bond acceptors (Lipinski definition) is 4. The summed E-state index contributed by atoms with van der Waals surface area (Å²) in [5, 5.41) is 3.54. The molecule has 0 bridgehead atoms. The van der Waals surface area contributed by atoms with Crippen molar-refractivity contribution >= 4 is 35.2 Å². The summed E-state index contributed by atoms with van der Waals surface area (Å²) in [6, 6.07) is 6.56. The van der Waals surface area contributed by atoms with Crippen LogP contribution in [0.5, 0.6) is 0 Å². The summed E-state index contributed by atoms with van der Waals surface area (Å²) in [5.74, 6) is -0.564. The smallest absolute Gasteiger partial charge is 0.317 e. The summed E-state index contributed by atoms with van der Waals surface area (Å²) in [7, 11) is 0. The molecule has 0 spiro atoms. The Balaban J connectivity index is 1.56. The van der Waals surface area contributed by atoms with Crippen LogP contribution in [-0.2, 0) is 14.3 Å². The zero-order valence-corrected chi connectivity index (χ0v) is 16.1. The third-order valence-corrected chi connectivity index (χ3v) is 5.17. The van der Waals surface area contributed by atoms with Crippen molar-refractivity contribution in [2.75, 3.05) is 31.1 Å². The van der Waals surface area contributed by atoms with Crippen molar-refractivity contribution < 1.29 is 19.1 Å². The predicted molar refractivity (Wildman–Crippen MR) is 102 cm³/mol. The van der Waals surface area contributed by atoms with Crippen molar-refractivity contribution in [2.24, 2.45) is 5.92 Å². The monoisotopic (exact) mass is 393 g/mol. The van der Waals surface area contributed by atoms with Crippen molar-refractivity contribution in [1.29, 1.82) is 0 Å². The molecule has 0 aromatic heterocycles. The molecule has 0 saturated carbocycles. The van der Waals surface area contributed by atoms with Crippen LogP contribution in [-0.4, -0.2) is 55.1 Å². The van der Waals surface area contributed by atoms with Gasteiger partial charge in [0.2, 0.25) is 5.91 Å². The largest absolute Gasteiger partial charge is 0.466 e. The number of piperidine rings is 1. The van der Waals surface area contributed by atoms with Crippen LogP contribution in [0, 0.1) is 5.92 Å². The first kappa shape index (κ1) is 19.5. The lowest BCUT2D eigenvalue weighted by molar-refractivity contribution is -0.149. The van der Waals surface area contributed by atoms with E-state index in [4.69, 9.17) is 16.3 Å². The Morgan fingerprint density at radius 1 is 1.26 bits per heavy atom. The van der Waals surface area contributed by atoms with Gasteiger partial charge in [0.15, 0.2) is 0 Å². The molecule has 7 nitrogen and oxygen atoms in total. The normalized spacial score (nSPS) is 22.7. The van der Waals surface area contributed by atoms with Gasteiger partial charge in [0, 0.05) is 36.8 Å². The second-order valence-corrected chi connectivity index (χ2v) is 7.30. The number of carbonyl (C=O) groups is 3. The number of amides is 3. The number of nitrogens with one attached hydrogen (secondary N) is 1. The van der Waals surface area contributed by atoms with Crippen molar-refractivity contribution in [2.45, 2.75) is 32.2 Å². The quantitative estimate of drug-likeness (QED) is 0.797. The molecule has 2 aliphatic heterocycles. The average molecular weight is 394 g/mol. The summed E-state index contributed by atoms with van der Waals surface area (Å²) < 4.78 is 5.07. The number of benzene rings is 1. The fraction of sp³-hybridized carbons (Fsp3) is 0.526. The topological polar surface area (TPSA) is 79.0 Å². The van der Waals surface area contributed by atoms with Crippen LogP contribution < -0.4 is 10.2 Å². The van der Waals surface area contributed by atoms with E-state index in [1.165, 1.54) is 0 Å². The van der Waals surface area contributed by atoms with E-state index >= 15 is 0 Å². The van der Waals surface area contributed by atoms with Gasteiger partial charge in [0.1, 0.15) is 0 Å². The van der Waals surface area contributed by atoms with E-state index in [0.717, 1.165) is 18.5 Å². The van der Waals surface area contributed by atoms with Crippen LogP contribution >= 0.6 is 11.6 Å². The van der Waals surface area contributed by atoms with Crippen molar-refractivity contribution in [3.63, 3.8) is 0 Å². The molecule has 27 heavy (non-hydrogen) atoms. The van der Waals surface area contributed by atoms with Gasteiger partial charge in [-0.3, -0.25) is 9.59 Å². The van der Waals surface area contributed by atoms with E-state index < -0.39 is 0 Å². The molecule has 1 aromatic rings. The summed E-state index contributed by atoms with van der Waals surface area (Å²) in [6.45, 7) is 3.48. The second-order valence-electron chi connectivity index (χ2n) is 6.87. The number of esters is 1. The lowest BCUT2D eigenvalue weighted by Gasteiger charge is -2.32. The number of likely N-dealkylation sites (tertiary alicyclic amines) is 1. The van der Waals surface area contributed by atoms with E-state index in [9.17, 15) is 14.4 Å². The summed E-state index contributed by atoms with van der Waals surface area (Å²) in [6.07, 6.45) is 1.75. The number of urea groups is 1. The summed E-state index contributed by atoms with van der Waals surface area (Å²) in [4.78, 5) is 40.1. The van der Waals surface area contributed by atoms with Crippen LogP contribution in [0.3, 0.4) is 0 Å². The molecule has 0 radical (unpaired) electrons. The minimum absolute atomic E-state index is 0.0364. The summed E-state index contributed by atoms with van der Waals surface area (Å²) in [5.41, 5.74) is 0.765. The van der Waals surface area contributed by atoms with Crippen LogP contribution in [0.4, 0.5) is 10.5 Å². The number of carbonyl (C=O) groups excluding carboxylic acids is 3. The van der Waals surface area contributed by atoms with E-state index in [1.54, 1.807) is 41.0 Å². The van der Waals surface area contributed by atoms with Gasteiger partial charge in [0.25, 0.3) is 0 Å². The molecule has 1 N–H and O–H groups in total. The van der Waals surface area contributed by atoms with E-state index in [2.05, 4.69) is 5.32 Å². The fourth-order valence-corrected chi connectivity index (χ4v) is 3.68. The number of nitrogens with zero attached hydrogens (tertiary/aromatic N) is 2. The average Bonchev–Trinajstić information content (AvgIpc) is 3.02. The van der Waals surface area contributed by atoms with Gasteiger partial charge in [-0.05, 0) is 44.0 Å². The van der Waals surface area contributed by atoms with Gasteiger partial charge < -0.3 is 19.9 Å². The number of anilines is 1. The Morgan fingerprint density at radius 3 is 2.70 bits per heavy atom. The molecule has 2 fully saturated rings. The summed E-state index contributed by atoms with van der Waals surface area (Å²) >= 11 is 5.89. The maximum absolute atomic E-state index is 12.6. The molecule has 8 heteroatoms. The van der Waals surface area contributed by atoms with E-state index in [-0.39, 0.29) is 36.3 Å². The SMILES string of the molecule is CCOC(=O)[C@@H]1CCCN(C(=O)N[C@H]2CC(=O)N(c3ccc(Cl)cc3)C2)C1. The third-order valence-electron chi connectivity index (χ3n) is 4.92.